The third-order valence-corrected chi connectivity index (χ3v) is 10.1. The lowest BCUT2D eigenvalue weighted by atomic mass is 10.0. The maximum atomic E-state index is 12.9. The van der Waals surface area contributed by atoms with Gasteiger partial charge in [-0.1, -0.05) is 25.4 Å². The molecule has 8 heteroatoms. The highest BCUT2D eigenvalue weighted by molar-refractivity contribution is 7.19. The van der Waals surface area contributed by atoms with E-state index in [1.165, 1.54) is 11.3 Å². The summed E-state index contributed by atoms with van der Waals surface area (Å²) >= 11 is 8.11. The number of amides is 2. The lowest BCUT2D eigenvalue weighted by molar-refractivity contribution is -0.143. The van der Waals surface area contributed by atoms with Crippen LogP contribution in [0.4, 0.5) is 0 Å². The molecule has 5 atom stereocenters. The third kappa shape index (κ3) is 3.29. The van der Waals surface area contributed by atoms with Gasteiger partial charge in [0.25, 0.3) is 0 Å². The monoisotopic (exact) mass is 521 g/mol. The standard InChI is InChI=1S/C28H28ClN3O3S/c1-13-6-15(29)9-18(24(13)35-21-8-14-7-19(21)31-11-14)17-4-5-30-20-10-16(36-25(17)20)12-32-26(33)22-23(27(32)34)28(22,2)3/h4-6,9-10,14,19,21-23,31H,7-8,11-12H2,1-3H3/t14-,19+,21+,22?,23?/m0/s1. The Morgan fingerprint density at radius 1 is 1.17 bits per heavy atom. The van der Waals surface area contributed by atoms with E-state index in [0.717, 1.165) is 50.5 Å². The highest BCUT2D eigenvalue weighted by Gasteiger charge is 2.72. The summed E-state index contributed by atoms with van der Waals surface area (Å²) in [5, 5.41) is 4.25. The average Bonchev–Trinajstić information content (AvgIpc) is 3.37. The molecule has 186 valence electrons. The van der Waals surface area contributed by atoms with Crippen molar-refractivity contribution < 1.29 is 14.3 Å². The van der Waals surface area contributed by atoms with E-state index in [2.05, 4.69) is 10.3 Å². The smallest absolute Gasteiger partial charge is 0.234 e. The van der Waals surface area contributed by atoms with E-state index < -0.39 is 0 Å². The molecule has 2 amide bonds. The van der Waals surface area contributed by atoms with Crippen molar-refractivity contribution in [3.8, 4) is 16.9 Å². The maximum Gasteiger partial charge on any atom is 0.234 e. The Labute approximate surface area is 219 Å². The van der Waals surface area contributed by atoms with Crippen molar-refractivity contribution in [2.45, 2.75) is 52.3 Å². The summed E-state index contributed by atoms with van der Waals surface area (Å²) in [6, 6.07) is 8.33. The first kappa shape index (κ1) is 22.7. The second-order valence-corrected chi connectivity index (χ2v) is 13.0. The first-order valence-electron chi connectivity index (χ1n) is 12.7. The fraction of sp³-hybridized carbons (Fsp3) is 0.464. The maximum absolute atomic E-state index is 12.9. The molecule has 4 heterocycles. The quantitative estimate of drug-likeness (QED) is 0.467. The number of hydrogen-bond donors (Lipinski definition) is 1. The van der Waals surface area contributed by atoms with Gasteiger partial charge in [0.1, 0.15) is 11.9 Å². The lowest BCUT2D eigenvalue weighted by Crippen LogP contribution is -2.40. The van der Waals surface area contributed by atoms with Crippen molar-refractivity contribution >= 4 is 45.0 Å². The number of benzene rings is 1. The molecule has 1 N–H and O–H groups in total. The summed E-state index contributed by atoms with van der Waals surface area (Å²) < 4.78 is 7.68. The van der Waals surface area contributed by atoms with Gasteiger partial charge in [-0.3, -0.25) is 19.5 Å². The van der Waals surface area contributed by atoms with Crippen LogP contribution in [0.25, 0.3) is 21.3 Å². The number of halogens is 1. The van der Waals surface area contributed by atoms with Gasteiger partial charge in [0.2, 0.25) is 11.8 Å². The van der Waals surface area contributed by atoms with Crippen molar-refractivity contribution in [2.75, 3.05) is 6.54 Å². The molecule has 36 heavy (non-hydrogen) atoms. The molecule has 3 aromatic rings. The van der Waals surface area contributed by atoms with Crippen LogP contribution < -0.4 is 10.1 Å². The van der Waals surface area contributed by atoms with Crippen molar-refractivity contribution in [1.82, 2.24) is 15.2 Å². The van der Waals surface area contributed by atoms with E-state index in [0.29, 0.717) is 23.5 Å². The fourth-order valence-electron chi connectivity index (χ4n) is 6.76. The number of rotatable bonds is 5. The predicted octanol–water partition coefficient (Wildman–Crippen LogP) is 5.20. The number of ether oxygens (including phenoxy) is 1. The van der Waals surface area contributed by atoms with Crippen LogP contribution in [0.5, 0.6) is 5.75 Å². The van der Waals surface area contributed by atoms with Crippen LogP contribution in [0.2, 0.25) is 5.02 Å². The minimum Gasteiger partial charge on any atom is -0.488 e. The van der Waals surface area contributed by atoms with Gasteiger partial charge in [-0.2, -0.15) is 0 Å². The summed E-state index contributed by atoms with van der Waals surface area (Å²) in [5.41, 5.74) is 3.63. The summed E-state index contributed by atoms with van der Waals surface area (Å²) in [4.78, 5) is 32.7. The zero-order chi connectivity index (χ0) is 24.9. The topological polar surface area (TPSA) is 71.5 Å². The summed E-state index contributed by atoms with van der Waals surface area (Å²) in [6.07, 6.45) is 4.20. The average molecular weight is 522 g/mol. The number of fused-ring (bicyclic) bond motifs is 4. The number of hydrogen-bond acceptors (Lipinski definition) is 6. The van der Waals surface area contributed by atoms with E-state index in [-0.39, 0.29) is 35.2 Å². The number of aryl methyl sites for hydroxylation is 1. The Hall–Kier alpha value is -2.48. The zero-order valence-electron chi connectivity index (χ0n) is 20.5. The Morgan fingerprint density at radius 2 is 1.94 bits per heavy atom. The van der Waals surface area contributed by atoms with Gasteiger partial charge in [0.05, 0.1) is 28.6 Å². The molecular weight excluding hydrogens is 494 g/mol. The number of carbonyl (C=O) groups is 2. The number of piperidine rings is 2. The van der Waals surface area contributed by atoms with E-state index in [9.17, 15) is 9.59 Å². The van der Waals surface area contributed by atoms with Gasteiger partial charge >= 0.3 is 0 Å². The van der Waals surface area contributed by atoms with Gasteiger partial charge < -0.3 is 10.1 Å². The molecule has 2 saturated carbocycles. The number of nitrogens with one attached hydrogen (secondary N) is 1. The second-order valence-electron chi connectivity index (χ2n) is 11.4. The van der Waals surface area contributed by atoms with Crippen LogP contribution in [-0.2, 0) is 16.1 Å². The molecule has 0 radical (unpaired) electrons. The molecule has 2 aromatic heterocycles. The van der Waals surface area contributed by atoms with Gasteiger partial charge in [0, 0.05) is 33.3 Å². The molecule has 2 aliphatic heterocycles. The van der Waals surface area contributed by atoms with E-state index in [1.54, 1.807) is 17.5 Å². The third-order valence-electron chi connectivity index (χ3n) is 8.74. The first-order chi connectivity index (χ1) is 17.2. The Bertz CT molecular complexity index is 1430. The molecule has 4 fully saturated rings. The van der Waals surface area contributed by atoms with Gasteiger partial charge in [-0.25, -0.2) is 0 Å². The number of pyridine rings is 1. The fourth-order valence-corrected chi connectivity index (χ4v) is 8.16. The number of carbonyl (C=O) groups excluding carboxylic acids is 2. The Balaban J connectivity index is 1.24. The largest absolute Gasteiger partial charge is 0.488 e. The summed E-state index contributed by atoms with van der Waals surface area (Å²) in [6.45, 7) is 7.44. The van der Waals surface area contributed by atoms with E-state index in [4.69, 9.17) is 16.3 Å². The van der Waals surface area contributed by atoms with Crippen molar-refractivity contribution in [2.24, 2.45) is 23.2 Å². The number of likely N-dealkylation sites (tertiary alicyclic amines) is 1. The van der Waals surface area contributed by atoms with Crippen LogP contribution in [0, 0.1) is 30.1 Å². The van der Waals surface area contributed by atoms with Crippen LogP contribution in [-0.4, -0.2) is 40.4 Å². The molecule has 4 aliphatic rings. The second kappa shape index (κ2) is 7.76. The highest BCUT2D eigenvalue weighted by Crippen LogP contribution is 2.63. The number of nitrogens with zero attached hydrogens (tertiary/aromatic N) is 2. The summed E-state index contributed by atoms with van der Waals surface area (Å²) in [5.74, 6) is 1.15. The SMILES string of the molecule is Cc1cc(Cl)cc(-c2ccnc3cc(CN4C(=O)C5C(C4=O)C5(C)C)sc23)c1O[C@@H]1C[C@H]2CN[C@@H]1C2. The van der Waals surface area contributed by atoms with Crippen molar-refractivity contribution in [3.05, 3.63) is 45.9 Å². The lowest BCUT2D eigenvalue weighted by Gasteiger charge is -2.26. The molecule has 2 unspecified atom stereocenters. The van der Waals surface area contributed by atoms with Crippen LogP contribution in [0.15, 0.2) is 30.5 Å². The van der Waals surface area contributed by atoms with E-state index in [1.807, 2.05) is 45.0 Å². The number of thiophene rings is 1. The van der Waals surface area contributed by atoms with Crippen molar-refractivity contribution in [1.29, 1.82) is 0 Å². The van der Waals surface area contributed by atoms with Crippen LogP contribution in [0.3, 0.4) is 0 Å². The van der Waals surface area contributed by atoms with Crippen LogP contribution >= 0.6 is 22.9 Å². The van der Waals surface area contributed by atoms with Gasteiger partial charge in [-0.05, 0) is 67.5 Å². The molecule has 6 nitrogen and oxygen atoms in total. The molecule has 2 bridgehead atoms. The molecular formula is C28H28ClN3O3S. The predicted molar refractivity (Wildman–Crippen MR) is 140 cm³/mol. The van der Waals surface area contributed by atoms with Gasteiger partial charge in [0.15, 0.2) is 0 Å². The van der Waals surface area contributed by atoms with Crippen LogP contribution in [0.1, 0.15) is 37.1 Å². The Morgan fingerprint density at radius 3 is 2.64 bits per heavy atom. The molecule has 1 aromatic carbocycles. The molecule has 2 aliphatic carbocycles. The zero-order valence-corrected chi connectivity index (χ0v) is 22.1. The minimum atomic E-state index is -0.200. The normalized spacial score (nSPS) is 29.9. The molecule has 0 spiro atoms. The Kier molecular flexibility index (Phi) is 4.89. The minimum absolute atomic E-state index is 0.0405. The highest BCUT2D eigenvalue weighted by atomic mass is 35.5. The molecule has 7 rings (SSSR count). The first-order valence-corrected chi connectivity index (χ1v) is 13.8. The van der Waals surface area contributed by atoms with Gasteiger partial charge in [-0.15, -0.1) is 11.3 Å². The number of aromatic nitrogens is 1. The van der Waals surface area contributed by atoms with E-state index >= 15 is 0 Å². The van der Waals surface area contributed by atoms with Crippen molar-refractivity contribution in [3.63, 3.8) is 0 Å². The number of imide groups is 1. The summed E-state index contributed by atoms with van der Waals surface area (Å²) in [7, 11) is 0. The molecule has 2 saturated heterocycles.